The van der Waals surface area contributed by atoms with Crippen LogP contribution in [0.2, 0.25) is 0 Å². The zero-order valence-corrected chi connectivity index (χ0v) is 11.4. The number of hydrogen-bond acceptors (Lipinski definition) is 4. The van der Waals surface area contributed by atoms with E-state index in [-0.39, 0.29) is 12.5 Å². The minimum absolute atomic E-state index is 0.0849. The van der Waals surface area contributed by atoms with E-state index in [2.05, 4.69) is 10.5 Å². The lowest BCUT2D eigenvalue weighted by atomic mass is 10.2. The van der Waals surface area contributed by atoms with Gasteiger partial charge in [0, 0.05) is 0 Å². The molecule has 0 atom stereocenters. The third-order valence-electron chi connectivity index (χ3n) is 2.59. The zero-order chi connectivity index (χ0) is 14.4. The average Bonchev–Trinajstić information content (AvgIpc) is 2.97. The van der Waals surface area contributed by atoms with E-state index in [9.17, 15) is 4.79 Å². The van der Waals surface area contributed by atoms with Crippen molar-refractivity contribution in [3.8, 4) is 5.75 Å². The van der Waals surface area contributed by atoms with Crippen LogP contribution in [-0.4, -0.2) is 18.2 Å². The number of nitrogens with one attached hydrogen (secondary N) is 1. The highest BCUT2D eigenvalue weighted by molar-refractivity contribution is 5.96. The summed E-state index contributed by atoms with van der Waals surface area (Å²) < 4.78 is 10.5. The fraction of sp³-hybridized carbons (Fsp3) is 0.200. The Balaban J connectivity index is 1.83. The van der Waals surface area contributed by atoms with E-state index in [1.807, 2.05) is 25.1 Å². The molecule has 0 saturated heterocycles. The Morgan fingerprint density at radius 3 is 2.90 bits per heavy atom. The molecule has 0 saturated carbocycles. The summed E-state index contributed by atoms with van der Waals surface area (Å²) in [5.74, 6) is 0.953. The summed E-state index contributed by atoms with van der Waals surface area (Å²) in [6, 6.07) is 11.0. The van der Waals surface area contributed by atoms with Crippen molar-refractivity contribution in [1.82, 2.24) is 5.43 Å². The molecule has 1 amide bonds. The molecule has 104 valence electrons. The summed E-state index contributed by atoms with van der Waals surface area (Å²) in [5, 5.41) is 3.94. The number of aryl methyl sites for hydroxylation is 1. The van der Waals surface area contributed by atoms with Crippen molar-refractivity contribution in [1.29, 1.82) is 0 Å². The number of nitrogens with zero attached hydrogens (tertiary/aromatic N) is 1. The highest BCUT2D eigenvalue weighted by Crippen LogP contribution is 2.11. The summed E-state index contributed by atoms with van der Waals surface area (Å²) in [7, 11) is 0. The summed E-state index contributed by atoms with van der Waals surface area (Å²) >= 11 is 0. The summed E-state index contributed by atoms with van der Waals surface area (Å²) in [5.41, 5.74) is 4.09. The predicted octanol–water partition coefficient (Wildman–Crippen LogP) is 2.51. The van der Waals surface area contributed by atoms with Crippen LogP contribution in [0.15, 0.2) is 52.2 Å². The van der Waals surface area contributed by atoms with Crippen LogP contribution in [0.1, 0.15) is 18.2 Å². The second kappa shape index (κ2) is 6.56. The predicted molar refractivity (Wildman–Crippen MR) is 75.7 cm³/mol. The summed E-state index contributed by atoms with van der Waals surface area (Å²) in [6.45, 7) is 3.63. The van der Waals surface area contributed by atoms with Crippen molar-refractivity contribution in [3.63, 3.8) is 0 Å². The second-order valence-electron chi connectivity index (χ2n) is 4.31. The molecule has 20 heavy (non-hydrogen) atoms. The number of furan rings is 1. The van der Waals surface area contributed by atoms with Gasteiger partial charge in [0.1, 0.15) is 17.2 Å². The van der Waals surface area contributed by atoms with Gasteiger partial charge in [-0.2, -0.15) is 5.10 Å². The fourth-order valence-corrected chi connectivity index (χ4v) is 1.57. The first kappa shape index (κ1) is 13.9. The Kier molecular flexibility index (Phi) is 4.55. The van der Waals surface area contributed by atoms with Crippen LogP contribution in [0.4, 0.5) is 0 Å². The molecule has 2 aromatic rings. The Hall–Kier alpha value is -2.56. The molecular formula is C15H16N2O3. The van der Waals surface area contributed by atoms with Gasteiger partial charge in [0.05, 0.1) is 6.26 Å². The molecule has 1 heterocycles. The third-order valence-corrected chi connectivity index (χ3v) is 2.59. The van der Waals surface area contributed by atoms with E-state index in [0.717, 1.165) is 5.56 Å². The van der Waals surface area contributed by atoms with Gasteiger partial charge in [-0.3, -0.25) is 4.79 Å². The highest BCUT2D eigenvalue weighted by atomic mass is 16.5. The molecular weight excluding hydrogens is 256 g/mol. The number of ether oxygens (including phenoxy) is 1. The molecule has 5 nitrogen and oxygen atoms in total. The number of amides is 1. The average molecular weight is 272 g/mol. The van der Waals surface area contributed by atoms with E-state index in [1.165, 1.54) is 0 Å². The van der Waals surface area contributed by atoms with E-state index in [4.69, 9.17) is 9.15 Å². The number of rotatable bonds is 5. The van der Waals surface area contributed by atoms with Crippen molar-refractivity contribution >= 4 is 11.6 Å². The van der Waals surface area contributed by atoms with E-state index in [1.54, 1.807) is 31.4 Å². The lowest BCUT2D eigenvalue weighted by molar-refractivity contribution is -0.123. The molecule has 1 aromatic carbocycles. The molecule has 0 aliphatic heterocycles. The molecule has 0 bridgehead atoms. The van der Waals surface area contributed by atoms with Crippen molar-refractivity contribution in [2.75, 3.05) is 6.61 Å². The van der Waals surface area contributed by atoms with Crippen molar-refractivity contribution < 1.29 is 13.9 Å². The van der Waals surface area contributed by atoms with Gasteiger partial charge in [-0.1, -0.05) is 12.1 Å². The lowest BCUT2D eigenvalue weighted by Crippen LogP contribution is -2.25. The first-order valence-corrected chi connectivity index (χ1v) is 6.21. The zero-order valence-electron chi connectivity index (χ0n) is 11.4. The van der Waals surface area contributed by atoms with Gasteiger partial charge >= 0.3 is 0 Å². The maximum absolute atomic E-state index is 11.6. The van der Waals surface area contributed by atoms with Crippen LogP contribution < -0.4 is 10.2 Å². The highest BCUT2D eigenvalue weighted by Gasteiger charge is 2.04. The Bertz CT molecular complexity index is 603. The van der Waals surface area contributed by atoms with Crippen LogP contribution >= 0.6 is 0 Å². The lowest BCUT2D eigenvalue weighted by Gasteiger charge is -2.05. The monoisotopic (exact) mass is 272 g/mol. The second-order valence-corrected chi connectivity index (χ2v) is 4.31. The molecule has 0 aliphatic carbocycles. The van der Waals surface area contributed by atoms with Gasteiger partial charge in [-0.25, -0.2) is 5.43 Å². The molecule has 5 heteroatoms. The number of hydrazone groups is 1. The maximum atomic E-state index is 11.6. The van der Waals surface area contributed by atoms with Crippen molar-refractivity contribution in [3.05, 3.63) is 54.0 Å². The number of benzene rings is 1. The third kappa shape index (κ3) is 3.98. The van der Waals surface area contributed by atoms with Gasteiger partial charge in [-0.15, -0.1) is 0 Å². The Morgan fingerprint density at radius 2 is 2.20 bits per heavy atom. The molecule has 0 aliphatic rings. The van der Waals surface area contributed by atoms with Gasteiger partial charge in [0.15, 0.2) is 6.61 Å². The minimum Gasteiger partial charge on any atom is -0.484 e. The molecule has 0 spiro atoms. The SMILES string of the molecule is CC(=NNC(=O)COc1cccc(C)c1)c1ccco1. The molecule has 0 radical (unpaired) electrons. The standard InChI is InChI=1S/C15H16N2O3/c1-11-5-3-6-13(9-11)20-10-15(18)17-16-12(2)14-7-4-8-19-14/h3-9H,10H2,1-2H3,(H,17,18). The van der Waals surface area contributed by atoms with Crippen LogP contribution in [0.3, 0.4) is 0 Å². The minimum atomic E-state index is -0.322. The van der Waals surface area contributed by atoms with E-state index in [0.29, 0.717) is 17.2 Å². The normalized spacial score (nSPS) is 11.2. The van der Waals surface area contributed by atoms with Crippen molar-refractivity contribution in [2.24, 2.45) is 5.10 Å². The maximum Gasteiger partial charge on any atom is 0.277 e. The van der Waals surface area contributed by atoms with Crippen LogP contribution in [0.25, 0.3) is 0 Å². The number of carbonyl (C=O) groups is 1. The Labute approximate surface area is 117 Å². The molecule has 0 unspecified atom stereocenters. The number of carbonyl (C=O) groups excluding carboxylic acids is 1. The smallest absolute Gasteiger partial charge is 0.277 e. The van der Waals surface area contributed by atoms with E-state index < -0.39 is 0 Å². The number of hydrogen-bond donors (Lipinski definition) is 1. The topological polar surface area (TPSA) is 63.8 Å². The van der Waals surface area contributed by atoms with Crippen LogP contribution in [0.5, 0.6) is 5.75 Å². The van der Waals surface area contributed by atoms with E-state index >= 15 is 0 Å². The Morgan fingerprint density at radius 1 is 1.35 bits per heavy atom. The first-order valence-electron chi connectivity index (χ1n) is 6.21. The molecule has 2 rings (SSSR count). The molecule has 0 fully saturated rings. The fourth-order valence-electron chi connectivity index (χ4n) is 1.57. The summed E-state index contributed by atoms with van der Waals surface area (Å²) in [4.78, 5) is 11.6. The quantitative estimate of drug-likeness (QED) is 0.672. The van der Waals surface area contributed by atoms with Gasteiger partial charge in [-0.05, 0) is 43.7 Å². The van der Waals surface area contributed by atoms with Gasteiger partial charge in [0.2, 0.25) is 0 Å². The van der Waals surface area contributed by atoms with Gasteiger partial charge < -0.3 is 9.15 Å². The van der Waals surface area contributed by atoms with Crippen LogP contribution in [0, 0.1) is 6.92 Å². The largest absolute Gasteiger partial charge is 0.484 e. The van der Waals surface area contributed by atoms with Crippen molar-refractivity contribution in [2.45, 2.75) is 13.8 Å². The summed E-state index contributed by atoms with van der Waals surface area (Å²) in [6.07, 6.45) is 1.55. The van der Waals surface area contributed by atoms with Gasteiger partial charge in [0.25, 0.3) is 5.91 Å². The first-order chi connectivity index (χ1) is 9.65. The van der Waals surface area contributed by atoms with Crippen LogP contribution in [-0.2, 0) is 4.79 Å². The molecule has 1 N–H and O–H groups in total. The molecule has 1 aromatic heterocycles.